The molecule has 18 heavy (non-hydrogen) atoms. The van der Waals surface area contributed by atoms with Crippen molar-refractivity contribution < 1.29 is 8.78 Å². The van der Waals surface area contributed by atoms with Crippen molar-refractivity contribution >= 4 is 0 Å². The van der Waals surface area contributed by atoms with Crippen LogP contribution in [0.2, 0.25) is 0 Å². The Bertz CT molecular complexity index is 343. The minimum Gasteiger partial charge on any atom is -0.314 e. The predicted molar refractivity (Wildman–Crippen MR) is 71.6 cm³/mol. The molecule has 1 nitrogen and oxygen atoms in total. The average Bonchev–Trinajstić information content (AvgIpc) is 2.24. The third-order valence-corrected chi connectivity index (χ3v) is 2.96. The summed E-state index contributed by atoms with van der Waals surface area (Å²) < 4.78 is 26.2. The number of benzene rings is 1. The Labute approximate surface area is 109 Å². The molecule has 0 aliphatic heterocycles. The standard InChI is InChI=1S/C15H23F2N/c1-4-5-12(10-18-11(2)3)6-13-7-14(16)9-15(17)8-13/h7-9,11-12,18H,4-6,10H2,1-3H3. The van der Waals surface area contributed by atoms with Crippen LogP contribution in [0, 0.1) is 17.6 Å². The zero-order valence-corrected chi connectivity index (χ0v) is 11.5. The second-order valence-electron chi connectivity index (χ2n) is 5.20. The lowest BCUT2D eigenvalue weighted by Crippen LogP contribution is -2.30. The Morgan fingerprint density at radius 2 is 1.72 bits per heavy atom. The molecule has 0 amide bonds. The van der Waals surface area contributed by atoms with Gasteiger partial charge in [-0.3, -0.25) is 0 Å². The molecule has 0 fully saturated rings. The van der Waals surface area contributed by atoms with Crippen LogP contribution < -0.4 is 5.32 Å². The largest absolute Gasteiger partial charge is 0.314 e. The Balaban J connectivity index is 2.63. The molecule has 1 N–H and O–H groups in total. The van der Waals surface area contributed by atoms with E-state index in [1.165, 1.54) is 12.1 Å². The first-order valence-corrected chi connectivity index (χ1v) is 6.69. The summed E-state index contributed by atoms with van der Waals surface area (Å²) >= 11 is 0. The van der Waals surface area contributed by atoms with Gasteiger partial charge in [-0.25, -0.2) is 8.78 Å². The fourth-order valence-corrected chi connectivity index (χ4v) is 2.15. The van der Waals surface area contributed by atoms with E-state index >= 15 is 0 Å². The third-order valence-electron chi connectivity index (χ3n) is 2.96. The Kier molecular flexibility index (Phi) is 6.27. The molecule has 1 aromatic carbocycles. The third kappa shape index (κ3) is 5.58. The molecule has 0 aromatic heterocycles. The highest BCUT2D eigenvalue weighted by atomic mass is 19.1. The second-order valence-corrected chi connectivity index (χ2v) is 5.20. The SMILES string of the molecule is CCCC(CNC(C)C)Cc1cc(F)cc(F)c1. The highest BCUT2D eigenvalue weighted by Crippen LogP contribution is 2.16. The van der Waals surface area contributed by atoms with Gasteiger partial charge in [0.05, 0.1) is 0 Å². The van der Waals surface area contributed by atoms with Crippen molar-refractivity contribution in [2.75, 3.05) is 6.54 Å². The molecular weight excluding hydrogens is 232 g/mol. The lowest BCUT2D eigenvalue weighted by molar-refractivity contribution is 0.417. The maximum absolute atomic E-state index is 13.1. The lowest BCUT2D eigenvalue weighted by atomic mass is 9.94. The van der Waals surface area contributed by atoms with Crippen molar-refractivity contribution in [3.8, 4) is 0 Å². The topological polar surface area (TPSA) is 12.0 Å². The molecule has 3 heteroatoms. The first-order valence-electron chi connectivity index (χ1n) is 6.69. The molecule has 1 unspecified atom stereocenters. The van der Waals surface area contributed by atoms with Gasteiger partial charge in [0, 0.05) is 12.1 Å². The van der Waals surface area contributed by atoms with Crippen LogP contribution in [0.5, 0.6) is 0 Å². The second kappa shape index (κ2) is 7.47. The van der Waals surface area contributed by atoms with E-state index in [1.54, 1.807) is 0 Å². The summed E-state index contributed by atoms with van der Waals surface area (Å²) in [6.45, 7) is 7.23. The zero-order chi connectivity index (χ0) is 13.5. The van der Waals surface area contributed by atoms with Crippen LogP contribution in [0.1, 0.15) is 39.2 Å². The van der Waals surface area contributed by atoms with Gasteiger partial charge in [0.2, 0.25) is 0 Å². The van der Waals surface area contributed by atoms with Crippen LogP contribution in [0.15, 0.2) is 18.2 Å². The van der Waals surface area contributed by atoms with Crippen LogP contribution in [0.25, 0.3) is 0 Å². The maximum atomic E-state index is 13.1. The van der Waals surface area contributed by atoms with E-state index in [0.29, 0.717) is 12.0 Å². The van der Waals surface area contributed by atoms with E-state index in [1.807, 2.05) is 0 Å². The van der Waals surface area contributed by atoms with E-state index in [2.05, 4.69) is 26.1 Å². The molecule has 0 saturated carbocycles. The van der Waals surface area contributed by atoms with Gasteiger partial charge in [-0.1, -0.05) is 27.2 Å². The molecule has 102 valence electrons. The normalized spacial score (nSPS) is 13.0. The molecule has 1 atom stereocenters. The molecule has 0 aliphatic rings. The summed E-state index contributed by atoms with van der Waals surface area (Å²) in [5, 5.41) is 3.39. The van der Waals surface area contributed by atoms with Gasteiger partial charge in [0.15, 0.2) is 0 Å². The molecular formula is C15H23F2N. The number of hydrogen-bond acceptors (Lipinski definition) is 1. The molecule has 0 bridgehead atoms. The van der Waals surface area contributed by atoms with Crippen molar-refractivity contribution in [3.63, 3.8) is 0 Å². The van der Waals surface area contributed by atoms with E-state index < -0.39 is 11.6 Å². The molecule has 0 saturated heterocycles. The molecule has 0 aliphatic carbocycles. The van der Waals surface area contributed by atoms with Gasteiger partial charge in [0.1, 0.15) is 11.6 Å². The summed E-state index contributed by atoms with van der Waals surface area (Å²) in [7, 11) is 0. The number of halogens is 2. The fourth-order valence-electron chi connectivity index (χ4n) is 2.15. The van der Waals surface area contributed by atoms with Crippen LogP contribution in [-0.2, 0) is 6.42 Å². The molecule has 1 aromatic rings. The monoisotopic (exact) mass is 255 g/mol. The summed E-state index contributed by atoms with van der Waals surface area (Å²) in [4.78, 5) is 0. The summed E-state index contributed by atoms with van der Waals surface area (Å²) in [5.41, 5.74) is 0.747. The quantitative estimate of drug-likeness (QED) is 0.778. The van der Waals surface area contributed by atoms with E-state index in [-0.39, 0.29) is 0 Å². The minimum atomic E-state index is -0.489. The van der Waals surface area contributed by atoms with Gasteiger partial charge in [-0.15, -0.1) is 0 Å². The van der Waals surface area contributed by atoms with Gasteiger partial charge in [0.25, 0.3) is 0 Å². The Morgan fingerprint density at radius 3 is 2.22 bits per heavy atom. The average molecular weight is 255 g/mol. The van der Waals surface area contributed by atoms with Crippen LogP contribution in [0.3, 0.4) is 0 Å². The number of nitrogens with one attached hydrogen (secondary N) is 1. The first kappa shape index (κ1) is 15.1. The minimum absolute atomic E-state index is 0.429. The fraction of sp³-hybridized carbons (Fsp3) is 0.600. The van der Waals surface area contributed by atoms with Gasteiger partial charge in [-0.2, -0.15) is 0 Å². The van der Waals surface area contributed by atoms with Crippen LogP contribution >= 0.6 is 0 Å². The Morgan fingerprint density at radius 1 is 1.11 bits per heavy atom. The van der Waals surface area contributed by atoms with Gasteiger partial charge >= 0.3 is 0 Å². The van der Waals surface area contributed by atoms with Crippen molar-refractivity contribution in [1.82, 2.24) is 5.32 Å². The van der Waals surface area contributed by atoms with Crippen molar-refractivity contribution in [1.29, 1.82) is 0 Å². The van der Waals surface area contributed by atoms with Crippen LogP contribution in [0.4, 0.5) is 8.78 Å². The van der Waals surface area contributed by atoms with Crippen molar-refractivity contribution in [2.45, 2.75) is 46.1 Å². The summed E-state index contributed by atoms with van der Waals surface area (Å²) in [5.74, 6) is -0.548. The Hall–Kier alpha value is -0.960. The van der Waals surface area contributed by atoms with E-state index in [4.69, 9.17) is 0 Å². The smallest absolute Gasteiger partial charge is 0.126 e. The number of hydrogen-bond donors (Lipinski definition) is 1. The maximum Gasteiger partial charge on any atom is 0.126 e. The highest BCUT2D eigenvalue weighted by molar-refractivity contribution is 5.18. The first-order chi connectivity index (χ1) is 8.51. The van der Waals surface area contributed by atoms with Crippen LogP contribution in [-0.4, -0.2) is 12.6 Å². The lowest BCUT2D eigenvalue weighted by Gasteiger charge is -2.19. The number of rotatable bonds is 7. The van der Waals surface area contributed by atoms with Gasteiger partial charge < -0.3 is 5.32 Å². The van der Waals surface area contributed by atoms with Crippen molar-refractivity contribution in [3.05, 3.63) is 35.4 Å². The predicted octanol–water partition coefficient (Wildman–Crippen LogP) is 3.92. The molecule has 0 heterocycles. The molecule has 0 spiro atoms. The van der Waals surface area contributed by atoms with E-state index in [0.717, 1.165) is 37.4 Å². The zero-order valence-electron chi connectivity index (χ0n) is 11.5. The van der Waals surface area contributed by atoms with Crippen molar-refractivity contribution in [2.24, 2.45) is 5.92 Å². The van der Waals surface area contributed by atoms with Gasteiger partial charge in [-0.05, 0) is 43.0 Å². The highest BCUT2D eigenvalue weighted by Gasteiger charge is 2.11. The summed E-state index contributed by atoms with van der Waals surface area (Å²) in [6.07, 6.45) is 2.88. The van der Waals surface area contributed by atoms with E-state index in [9.17, 15) is 8.78 Å². The molecule has 1 rings (SSSR count). The molecule has 0 radical (unpaired) electrons. The summed E-state index contributed by atoms with van der Waals surface area (Å²) in [6, 6.07) is 4.22.